The minimum absolute atomic E-state index is 0.225. The SMILES string of the molecule is CC(CNC1CCCC1)Oc1cccc(C(C)C)c1. The summed E-state index contributed by atoms with van der Waals surface area (Å²) in [7, 11) is 0. The summed E-state index contributed by atoms with van der Waals surface area (Å²) in [6.07, 6.45) is 5.64. The Balaban J connectivity index is 1.80. The van der Waals surface area contributed by atoms with E-state index in [4.69, 9.17) is 4.74 Å². The predicted molar refractivity (Wildman–Crippen MR) is 80.9 cm³/mol. The summed E-state index contributed by atoms with van der Waals surface area (Å²) < 4.78 is 6.00. The highest BCUT2D eigenvalue weighted by atomic mass is 16.5. The maximum Gasteiger partial charge on any atom is 0.120 e. The van der Waals surface area contributed by atoms with Gasteiger partial charge in [-0.3, -0.25) is 0 Å². The zero-order valence-electron chi connectivity index (χ0n) is 12.5. The van der Waals surface area contributed by atoms with Crippen LogP contribution in [-0.2, 0) is 0 Å². The summed E-state index contributed by atoms with van der Waals surface area (Å²) in [5, 5.41) is 3.61. The lowest BCUT2D eigenvalue weighted by Gasteiger charge is -2.19. The van der Waals surface area contributed by atoms with Gasteiger partial charge in [0.05, 0.1) is 0 Å². The van der Waals surface area contributed by atoms with E-state index in [9.17, 15) is 0 Å². The molecule has 2 heteroatoms. The van der Waals surface area contributed by atoms with E-state index in [1.165, 1.54) is 31.2 Å². The first kappa shape index (κ1) is 14.4. The Bertz CT molecular complexity index is 383. The van der Waals surface area contributed by atoms with Crippen LogP contribution in [0.2, 0.25) is 0 Å². The van der Waals surface area contributed by atoms with Gasteiger partial charge in [0.2, 0.25) is 0 Å². The van der Waals surface area contributed by atoms with Gasteiger partial charge in [-0.1, -0.05) is 38.8 Å². The number of ether oxygens (including phenoxy) is 1. The topological polar surface area (TPSA) is 21.3 Å². The summed E-state index contributed by atoms with van der Waals surface area (Å²) in [5.41, 5.74) is 1.34. The minimum Gasteiger partial charge on any atom is -0.489 e. The number of rotatable bonds is 6. The molecule has 1 aliphatic carbocycles. The van der Waals surface area contributed by atoms with Crippen LogP contribution in [0.3, 0.4) is 0 Å². The first-order valence-electron chi connectivity index (χ1n) is 7.65. The normalized spacial score (nSPS) is 17.9. The molecule has 19 heavy (non-hydrogen) atoms. The van der Waals surface area contributed by atoms with Crippen LogP contribution in [0.15, 0.2) is 24.3 Å². The maximum atomic E-state index is 6.00. The lowest BCUT2D eigenvalue weighted by Crippen LogP contribution is -2.35. The quantitative estimate of drug-likeness (QED) is 0.832. The molecule has 0 spiro atoms. The number of nitrogens with one attached hydrogen (secondary N) is 1. The molecule has 0 amide bonds. The molecule has 0 bridgehead atoms. The third-order valence-electron chi connectivity index (χ3n) is 3.91. The van der Waals surface area contributed by atoms with Gasteiger partial charge < -0.3 is 10.1 Å². The average Bonchev–Trinajstić information content (AvgIpc) is 2.90. The fourth-order valence-electron chi connectivity index (χ4n) is 2.68. The van der Waals surface area contributed by atoms with Crippen LogP contribution in [0, 0.1) is 0 Å². The zero-order chi connectivity index (χ0) is 13.7. The van der Waals surface area contributed by atoms with Crippen molar-refractivity contribution >= 4 is 0 Å². The van der Waals surface area contributed by atoms with Crippen molar-refractivity contribution in [2.24, 2.45) is 0 Å². The molecule has 1 unspecified atom stereocenters. The van der Waals surface area contributed by atoms with Gasteiger partial charge >= 0.3 is 0 Å². The maximum absolute atomic E-state index is 6.00. The Morgan fingerprint density at radius 1 is 1.21 bits per heavy atom. The van der Waals surface area contributed by atoms with E-state index < -0.39 is 0 Å². The summed E-state index contributed by atoms with van der Waals surface area (Å²) in [4.78, 5) is 0. The number of hydrogen-bond acceptors (Lipinski definition) is 2. The summed E-state index contributed by atoms with van der Waals surface area (Å²) in [6, 6.07) is 9.18. The van der Waals surface area contributed by atoms with Crippen molar-refractivity contribution < 1.29 is 4.74 Å². The predicted octanol–water partition coefficient (Wildman–Crippen LogP) is 4.11. The molecule has 0 radical (unpaired) electrons. The standard InChI is InChI=1S/C17H27NO/c1-13(2)15-7-6-10-17(11-15)19-14(3)12-18-16-8-4-5-9-16/h6-7,10-11,13-14,16,18H,4-5,8-9,12H2,1-3H3. The molecule has 0 heterocycles. The molecule has 2 rings (SSSR count). The van der Waals surface area contributed by atoms with Crippen molar-refractivity contribution in [2.75, 3.05) is 6.54 Å². The van der Waals surface area contributed by atoms with E-state index in [0.29, 0.717) is 12.0 Å². The van der Waals surface area contributed by atoms with Crippen LogP contribution in [0.1, 0.15) is 57.9 Å². The monoisotopic (exact) mass is 261 g/mol. The number of benzene rings is 1. The second-order valence-corrected chi connectivity index (χ2v) is 6.05. The first-order valence-corrected chi connectivity index (χ1v) is 7.65. The highest BCUT2D eigenvalue weighted by Crippen LogP contribution is 2.21. The molecule has 106 valence electrons. The van der Waals surface area contributed by atoms with E-state index >= 15 is 0 Å². The van der Waals surface area contributed by atoms with E-state index in [1.807, 2.05) is 0 Å². The molecule has 1 fully saturated rings. The largest absolute Gasteiger partial charge is 0.489 e. The smallest absolute Gasteiger partial charge is 0.120 e. The van der Waals surface area contributed by atoms with Gasteiger partial charge in [-0.25, -0.2) is 0 Å². The molecular weight excluding hydrogens is 234 g/mol. The fourth-order valence-corrected chi connectivity index (χ4v) is 2.68. The highest BCUT2D eigenvalue weighted by molar-refractivity contribution is 5.30. The van der Waals surface area contributed by atoms with Gasteiger partial charge in [0.15, 0.2) is 0 Å². The minimum atomic E-state index is 0.225. The Kier molecular flexibility index (Phi) is 5.26. The first-order chi connectivity index (χ1) is 9.15. The van der Waals surface area contributed by atoms with Gasteiger partial charge in [-0.2, -0.15) is 0 Å². The van der Waals surface area contributed by atoms with Gasteiger partial charge in [-0.05, 0) is 43.4 Å². The van der Waals surface area contributed by atoms with Crippen molar-refractivity contribution in [3.63, 3.8) is 0 Å². The molecule has 0 aromatic heterocycles. The van der Waals surface area contributed by atoms with Crippen LogP contribution in [-0.4, -0.2) is 18.7 Å². The van der Waals surface area contributed by atoms with Crippen LogP contribution in [0.4, 0.5) is 0 Å². The highest BCUT2D eigenvalue weighted by Gasteiger charge is 2.15. The van der Waals surface area contributed by atoms with Crippen LogP contribution in [0.5, 0.6) is 5.75 Å². The lowest BCUT2D eigenvalue weighted by molar-refractivity contribution is 0.211. The molecule has 1 N–H and O–H groups in total. The number of hydrogen-bond donors (Lipinski definition) is 1. The third kappa shape index (κ3) is 4.54. The average molecular weight is 261 g/mol. The summed E-state index contributed by atoms with van der Waals surface area (Å²) in [6.45, 7) is 7.51. The second kappa shape index (κ2) is 6.95. The molecular formula is C17H27NO. The van der Waals surface area contributed by atoms with Crippen molar-refractivity contribution in [1.29, 1.82) is 0 Å². The van der Waals surface area contributed by atoms with E-state index in [0.717, 1.165) is 12.3 Å². The summed E-state index contributed by atoms with van der Waals surface area (Å²) >= 11 is 0. The third-order valence-corrected chi connectivity index (χ3v) is 3.91. The second-order valence-electron chi connectivity index (χ2n) is 6.05. The molecule has 1 aromatic rings. The molecule has 1 aliphatic rings. The Morgan fingerprint density at radius 2 is 1.95 bits per heavy atom. The Labute approximate surface area is 117 Å². The molecule has 1 aromatic carbocycles. The van der Waals surface area contributed by atoms with Crippen molar-refractivity contribution in [3.05, 3.63) is 29.8 Å². The molecule has 0 aliphatic heterocycles. The molecule has 1 saturated carbocycles. The van der Waals surface area contributed by atoms with Crippen LogP contribution in [0.25, 0.3) is 0 Å². The van der Waals surface area contributed by atoms with Gasteiger partial charge in [-0.15, -0.1) is 0 Å². The Morgan fingerprint density at radius 3 is 2.63 bits per heavy atom. The fraction of sp³-hybridized carbons (Fsp3) is 0.647. The zero-order valence-corrected chi connectivity index (χ0v) is 12.5. The van der Waals surface area contributed by atoms with Crippen molar-refractivity contribution in [1.82, 2.24) is 5.32 Å². The van der Waals surface area contributed by atoms with E-state index in [-0.39, 0.29) is 6.10 Å². The van der Waals surface area contributed by atoms with E-state index in [2.05, 4.69) is 50.4 Å². The van der Waals surface area contributed by atoms with Crippen LogP contribution < -0.4 is 10.1 Å². The van der Waals surface area contributed by atoms with Crippen molar-refractivity contribution in [2.45, 2.75) is 64.5 Å². The Hall–Kier alpha value is -1.02. The van der Waals surface area contributed by atoms with Crippen LogP contribution >= 0.6 is 0 Å². The molecule has 0 saturated heterocycles. The molecule has 1 atom stereocenters. The van der Waals surface area contributed by atoms with Gasteiger partial charge in [0.1, 0.15) is 11.9 Å². The summed E-state index contributed by atoms with van der Waals surface area (Å²) in [5.74, 6) is 1.54. The van der Waals surface area contributed by atoms with Crippen molar-refractivity contribution in [3.8, 4) is 5.75 Å². The molecule has 2 nitrogen and oxygen atoms in total. The van der Waals surface area contributed by atoms with Gasteiger partial charge in [0.25, 0.3) is 0 Å². The van der Waals surface area contributed by atoms with E-state index in [1.54, 1.807) is 0 Å². The lowest BCUT2D eigenvalue weighted by atomic mass is 10.0. The van der Waals surface area contributed by atoms with Gasteiger partial charge in [0, 0.05) is 12.6 Å².